The predicted molar refractivity (Wildman–Crippen MR) is 90.5 cm³/mol. The van der Waals surface area contributed by atoms with E-state index in [1.807, 2.05) is 6.07 Å². The summed E-state index contributed by atoms with van der Waals surface area (Å²) in [7, 11) is 2.25. The van der Waals surface area contributed by atoms with E-state index in [1.54, 1.807) is 0 Å². The van der Waals surface area contributed by atoms with Crippen molar-refractivity contribution >= 4 is 16.6 Å². The molecular weight excluding hydrogens is 258 g/mol. The lowest BCUT2D eigenvalue weighted by atomic mass is 9.77. The van der Waals surface area contributed by atoms with Gasteiger partial charge in [-0.3, -0.25) is 4.90 Å². The van der Waals surface area contributed by atoms with E-state index < -0.39 is 0 Å². The number of fused-ring (bicyclic) bond motifs is 1. The summed E-state index contributed by atoms with van der Waals surface area (Å²) in [5.74, 6) is 0. The summed E-state index contributed by atoms with van der Waals surface area (Å²) in [6.45, 7) is 9.39. The molecule has 0 saturated carbocycles. The van der Waals surface area contributed by atoms with Crippen LogP contribution < -0.4 is 5.73 Å². The summed E-state index contributed by atoms with van der Waals surface area (Å²) >= 11 is 0. The molecule has 0 bridgehead atoms. The SMILES string of the molecule is CN1C(C)(C)CC(n2ccc3ccc(N)cc32)CC1(C)C. The molecule has 1 aromatic carbocycles. The van der Waals surface area contributed by atoms with E-state index in [0.29, 0.717) is 6.04 Å². The van der Waals surface area contributed by atoms with Gasteiger partial charge in [-0.1, -0.05) is 6.07 Å². The molecule has 1 aliphatic rings. The van der Waals surface area contributed by atoms with Gasteiger partial charge in [0.15, 0.2) is 0 Å². The van der Waals surface area contributed by atoms with E-state index in [0.717, 1.165) is 18.5 Å². The molecular formula is C18H27N3. The minimum atomic E-state index is 0.198. The number of hydrogen-bond donors (Lipinski definition) is 1. The van der Waals surface area contributed by atoms with Crippen molar-refractivity contribution in [3.05, 3.63) is 30.5 Å². The van der Waals surface area contributed by atoms with Gasteiger partial charge in [0.05, 0.1) is 5.52 Å². The normalized spacial score (nSPS) is 22.7. The second-order valence-corrected chi connectivity index (χ2v) is 7.79. The molecule has 0 atom stereocenters. The summed E-state index contributed by atoms with van der Waals surface area (Å²) in [5, 5.41) is 1.28. The van der Waals surface area contributed by atoms with E-state index >= 15 is 0 Å². The van der Waals surface area contributed by atoms with Crippen LogP contribution in [0.5, 0.6) is 0 Å². The van der Waals surface area contributed by atoms with E-state index in [-0.39, 0.29) is 11.1 Å². The van der Waals surface area contributed by atoms with Crippen LogP contribution in [0.1, 0.15) is 46.6 Å². The van der Waals surface area contributed by atoms with Crippen LogP contribution in [0.3, 0.4) is 0 Å². The number of benzene rings is 1. The van der Waals surface area contributed by atoms with Crippen molar-refractivity contribution in [2.75, 3.05) is 12.8 Å². The summed E-state index contributed by atoms with van der Waals surface area (Å²) in [5.41, 5.74) is 8.49. The molecule has 21 heavy (non-hydrogen) atoms. The average molecular weight is 285 g/mol. The van der Waals surface area contributed by atoms with Crippen molar-refractivity contribution in [2.45, 2.75) is 57.7 Å². The van der Waals surface area contributed by atoms with Gasteiger partial charge in [-0.05, 0) is 71.2 Å². The van der Waals surface area contributed by atoms with Crippen LogP contribution in [0.2, 0.25) is 0 Å². The van der Waals surface area contributed by atoms with Crippen LogP contribution in [0.25, 0.3) is 10.9 Å². The summed E-state index contributed by atoms with van der Waals surface area (Å²) in [4.78, 5) is 2.52. The molecule has 1 aliphatic heterocycles. The van der Waals surface area contributed by atoms with E-state index in [2.05, 4.69) is 68.6 Å². The predicted octanol–water partition coefficient (Wildman–Crippen LogP) is 4.05. The number of aromatic nitrogens is 1. The Hall–Kier alpha value is -1.48. The molecule has 0 amide bonds. The second kappa shape index (κ2) is 4.51. The highest BCUT2D eigenvalue weighted by atomic mass is 15.2. The molecule has 2 N–H and O–H groups in total. The molecule has 114 valence electrons. The molecule has 1 saturated heterocycles. The lowest BCUT2D eigenvalue weighted by Gasteiger charge is -2.54. The maximum absolute atomic E-state index is 5.99. The number of nitrogens with zero attached hydrogens (tertiary/aromatic N) is 2. The van der Waals surface area contributed by atoms with Gasteiger partial charge in [0.25, 0.3) is 0 Å². The smallest absolute Gasteiger partial charge is 0.0503 e. The van der Waals surface area contributed by atoms with Crippen molar-refractivity contribution in [1.82, 2.24) is 9.47 Å². The Kier molecular flexibility index (Phi) is 3.10. The molecule has 1 fully saturated rings. The van der Waals surface area contributed by atoms with E-state index in [4.69, 9.17) is 5.73 Å². The Morgan fingerprint density at radius 3 is 2.29 bits per heavy atom. The zero-order valence-corrected chi connectivity index (χ0v) is 13.9. The van der Waals surface area contributed by atoms with Crippen molar-refractivity contribution in [1.29, 1.82) is 0 Å². The molecule has 0 aliphatic carbocycles. The van der Waals surface area contributed by atoms with E-state index in [9.17, 15) is 0 Å². The Labute approximate surface area is 127 Å². The van der Waals surface area contributed by atoms with Gasteiger partial charge in [-0.25, -0.2) is 0 Å². The zero-order chi connectivity index (χ0) is 15.4. The third-order valence-corrected chi connectivity index (χ3v) is 5.43. The highest BCUT2D eigenvalue weighted by Crippen LogP contribution is 2.43. The third-order valence-electron chi connectivity index (χ3n) is 5.43. The minimum absolute atomic E-state index is 0.198. The van der Waals surface area contributed by atoms with Crippen molar-refractivity contribution < 1.29 is 0 Å². The number of piperidine rings is 1. The van der Waals surface area contributed by atoms with Gasteiger partial charge in [-0.15, -0.1) is 0 Å². The van der Waals surface area contributed by atoms with Gasteiger partial charge >= 0.3 is 0 Å². The molecule has 1 aromatic heterocycles. The number of anilines is 1. The number of rotatable bonds is 1. The van der Waals surface area contributed by atoms with Crippen molar-refractivity contribution in [3.8, 4) is 0 Å². The largest absolute Gasteiger partial charge is 0.399 e. The van der Waals surface area contributed by atoms with Gasteiger partial charge in [0.2, 0.25) is 0 Å². The van der Waals surface area contributed by atoms with Gasteiger partial charge in [0, 0.05) is 29.0 Å². The number of nitrogens with two attached hydrogens (primary N) is 1. The zero-order valence-electron chi connectivity index (χ0n) is 13.9. The fraction of sp³-hybridized carbons (Fsp3) is 0.556. The average Bonchev–Trinajstić information content (AvgIpc) is 2.78. The molecule has 0 spiro atoms. The maximum Gasteiger partial charge on any atom is 0.0503 e. The monoisotopic (exact) mass is 285 g/mol. The van der Waals surface area contributed by atoms with Crippen LogP contribution in [0, 0.1) is 0 Å². The summed E-state index contributed by atoms with van der Waals surface area (Å²) in [6.07, 6.45) is 4.54. The maximum atomic E-state index is 5.99. The standard InChI is InChI=1S/C18H27N3/c1-17(2)11-15(12-18(3,4)20(17)5)21-9-8-13-6-7-14(19)10-16(13)21/h6-10,15H,11-12,19H2,1-5H3. The lowest BCUT2D eigenvalue weighted by Crippen LogP contribution is -2.58. The van der Waals surface area contributed by atoms with Crippen molar-refractivity contribution in [2.24, 2.45) is 0 Å². The van der Waals surface area contributed by atoms with Crippen LogP contribution in [-0.4, -0.2) is 27.6 Å². The van der Waals surface area contributed by atoms with Crippen LogP contribution in [0.4, 0.5) is 5.69 Å². The minimum Gasteiger partial charge on any atom is -0.399 e. The molecule has 3 rings (SSSR count). The summed E-state index contributed by atoms with van der Waals surface area (Å²) in [6, 6.07) is 8.92. The van der Waals surface area contributed by atoms with E-state index in [1.165, 1.54) is 10.9 Å². The van der Waals surface area contributed by atoms with Crippen LogP contribution >= 0.6 is 0 Å². The Balaban J connectivity index is 2.05. The molecule has 0 radical (unpaired) electrons. The Morgan fingerprint density at radius 2 is 1.67 bits per heavy atom. The molecule has 2 aromatic rings. The lowest BCUT2D eigenvalue weighted by molar-refractivity contribution is -0.0252. The quantitative estimate of drug-likeness (QED) is 0.802. The van der Waals surface area contributed by atoms with Gasteiger partial charge < -0.3 is 10.3 Å². The molecule has 3 heteroatoms. The second-order valence-electron chi connectivity index (χ2n) is 7.79. The van der Waals surface area contributed by atoms with Crippen molar-refractivity contribution in [3.63, 3.8) is 0 Å². The fourth-order valence-corrected chi connectivity index (χ4v) is 4.00. The molecule has 2 heterocycles. The fourth-order valence-electron chi connectivity index (χ4n) is 4.00. The highest BCUT2D eigenvalue weighted by molar-refractivity contribution is 5.83. The first-order valence-electron chi connectivity index (χ1n) is 7.81. The molecule has 3 nitrogen and oxygen atoms in total. The van der Waals surface area contributed by atoms with Gasteiger partial charge in [-0.2, -0.15) is 0 Å². The first-order valence-corrected chi connectivity index (χ1v) is 7.81. The topological polar surface area (TPSA) is 34.2 Å². The highest BCUT2D eigenvalue weighted by Gasteiger charge is 2.43. The van der Waals surface area contributed by atoms with Gasteiger partial charge in [0.1, 0.15) is 0 Å². The first kappa shape index (κ1) is 14.5. The molecule has 0 unspecified atom stereocenters. The van der Waals surface area contributed by atoms with Crippen LogP contribution in [-0.2, 0) is 0 Å². The summed E-state index contributed by atoms with van der Waals surface area (Å²) < 4.78 is 2.43. The third kappa shape index (κ3) is 2.34. The Bertz CT molecular complexity index is 648. The number of hydrogen-bond acceptors (Lipinski definition) is 2. The first-order chi connectivity index (χ1) is 9.71. The number of likely N-dealkylation sites (tertiary alicyclic amines) is 1. The number of nitrogen functional groups attached to an aromatic ring is 1. The Morgan fingerprint density at radius 1 is 1.05 bits per heavy atom. The van der Waals surface area contributed by atoms with Crippen LogP contribution in [0.15, 0.2) is 30.5 Å².